The number of ketones is 1. The van der Waals surface area contributed by atoms with E-state index in [-0.39, 0.29) is 17.4 Å². The standard InChI is InChI=1S/C21H15F3N4O.C21H14F3N3O.CH4O/c1-13(27-29)14-4-2-5-15(10-14)16-8-9-17-12-25-28(18(17)11-16)20-7-3-6-19(26-20)21(22,23)24;1-13(28)14-4-2-5-15(10-14)16-8-9-17-12-25-27(18(17)11-16)20-7-3-6-19(26-20)21(22,23)24;1-2/h2-12,29H,1H3;2-12H,1H3;2H,1H3/b27-13-;;. The molecule has 0 atom stereocenters. The topological polar surface area (TPSA) is 131 Å². The largest absolute Gasteiger partial charge is 0.433 e. The first kappa shape index (κ1) is 41.4. The zero-order valence-electron chi connectivity index (χ0n) is 31.4. The van der Waals surface area contributed by atoms with Crippen molar-refractivity contribution >= 4 is 33.3 Å². The summed E-state index contributed by atoms with van der Waals surface area (Å²) in [6.07, 6.45) is -5.90. The summed E-state index contributed by atoms with van der Waals surface area (Å²) in [7, 11) is 1.00. The second-order valence-corrected chi connectivity index (χ2v) is 12.8. The van der Waals surface area contributed by atoms with Crippen molar-refractivity contribution in [3.8, 4) is 33.9 Å². The summed E-state index contributed by atoms with van der Waals surface area (Å²) in [5.41, 5.74) is 4.51. The number of rotatable bonds is 6. The number of aliphatic hydroxyl groups excluding tert-OH is 1. The zero-order chi connectivity index (χ0) is 42.5. The van der Waals surface area contributed by atoms with E-state index in [9.17, 15) is 31.1 Å². The number of hydrogen-bond acceptors (Lipinski definition) is 8. The van der Waals surface area contributed by atoms with Crippen molar-refractivity contribution in [1.29, 1.82) is 0 Å². The number of halogens is 6. The Hall–Kier alpha value is -7.20. The van der Waals surface area contributed by atoms with E-state index in [1.807, 2.05) is 66.7 Å². The van der Waals surface area contributed by atoms with E-state index in [0.717, 1.165) is 57.8 Å². The molecule has 300 valence electrons. The summed E-state index contributed by atoms with van der Waals surface area (Å²) in [5.74, 6) is 0.129. The number of pyridine rings is 2. The van der Waals surface area contributed by atoms with E-state index >= 15 is 0 Å². The minimum absolute atomic E-state index is 0.0406. The fraction of sp³-hybridized carbons (Fsp3) is 0.116. The quantitative estimate of drug-likeness (QED) is 0.0562. The molecule has 0 spiro atoms. The van der Waals surface area contributed by atoms with Crippen molar-refractivity contribution < 1.29 is 41.5 Å². The van der Waals surface area contributed by atoms with Crippen LogP contribution in [0.25, 0.3) is 55.7 Å². The number of Topliss-reactive ketones (excluding diaryl/α,β-unsaturated/α-hetero) is 1. The van der Waals surface area contributed by atoms with Gasteiger partial charge in [0.1, 0.15) is 11.4 Å². The molecule has 8 rings (SSSR count). The Kier molecular flexibility index (Phi) is 12.0. The fourth-order valence-electron chi connectivity index (χ4n) is 6.06. The summed E-state index contributed by atoms with van der Waals surface area (Å²) in [5, 5.41) is 29.2. The molecule has 0 amide bonds. The number of carbonyl (C=O) groups excluding carboxylic acids is 1. The van der Waals surface area contributed by atoms with Gasteiger partial charge in [0.15, 0.2) is 17.4 Å². The van der Waals surface area contributed by atoms with E-state index < -0.39 is 23.7 Å². The number of oxime groups is 1. The van der Waals surface area contributed by atoms with Gasteiger partial charge in [-0.05, 0) is 90.2 Å². The molecule has 0 saturated carbocycles. The molecule has 4 heterocycles. The Morgan fingerprint density at radius 1 is 0.559 bits per heavy atom. The van der Waals surface area contributed by atoms with Crippen molar-refractivity contribution in [1.82, 2.24) is 29.5 Å². The number of hydrogen-bond donors (Lipinski definition) is 2. The average molecular weight is 810 g/mol. The SMILES string of the molecule is C/C(=N/O)c1cccc(-c2ccc3cnn(-c4cccc(C(F)(F)F)n4)c3c2)c1.CC(=O)c1cccc(-c2ccc3cnn(-c4cccc(C(F)(F)F)n4)c3c2)c1.CO. The van der Waals surface area contributed by atoms with E-state index in [0.29, 0.717) is 22.3 Å². The van der Waals surface area contributed by atoms with Crippen LogP contribution in [0.4, 0.5) is 26.3 Å². The third-order valence-corrected chi connectivity index (χ3v) is 8.99. The highest BCUT2D eigenvalue weighted by Crippen LogP contribution is 2.32. The Morgan fingerprint density at radius 3 is 1.39 bits per heavy atom. The minimum atomic E-state index is -4.53. The molecule has 0 aliphatic rings. The molecule has 0 saturated heterocycles. The van der Waals surface area contributed by atoms with Gasteiger partial charge in [-0.25, -0.2) is 19.3 Å². The molecule has 8 aromatic rings. The number of aromatic nitrogens is 6. The molecule has 0 fully saturated rings. The Bertz CT molecular complexity index is 2810. The van der Waals surface area contributed by atoms with Gasteiger partial charge in [0, 0.05) is 23.4 Å². The second kappa shape index (κ2) is 17.1. The van der Waals surface area contributed by atoms with Crippen LogP contribution in [0.3, 0.4) is 0 Å². The van der Waals surface area contributed by atoms with Gasteiger partial charge in [-0.15, -0.1) is 0 Å². The molecular weight excluding hydrogens is 777 g/mol. The van der Waals surface area contributed by atoms with Gasteiger partial charge in [0.2, 0.25) is 0 Å². The summed E-state index contributed by atoms with van der Waals surface area (Å²) < 4.78 is 80.8. The second-order valence-electron chi connectivity index (χ2n) is 12.8. The Balaban J connectivity index is 0.000000191. The number of aliphatic hydroxyl groups is 1. The Morgan fingerprint density at radius 2 is 0.966 bits per heavy atom. The molecule has 4 aromatic carbocycles. The van der Waals surface area contributed by atoms with Crippen LogP contribution < -0.4 is 0 Å². The maximum absolute atomic E-state index is 13.0. The summed E-state index contributed by atoms with van der Waals surface area (Å²) in [4.78, 5) is 19.1. The molecule has 2 N–H and O–H groups in total. The van der Waals surface area contributed by atoms with Gasteiger partial charge in [-0.3, -0.25) is 4.79 Å². The molecule has 0 bridgehead atoms. The van der Waals surface area contributed by atoms with Crippen LogP contribution in [0.15, 0.2) is 139 Å². The van der Waals surface area contributed by atoms with Gasteiger partial charge in [-0.1, -0.05) is 78.0 Å². The van der Waals surface area contributed by atoms with Crippen LogP contribution in [-0.4, -0.2) is 58.4 Å². The number of benzene rings is 4. The predicted octanol–water partition coefficient (Wildman–Crippen LogP) is 10.2. The molecule has 10 nitrogen and oxygen atoms in total. The predicted molar refractivity (Wildman–Crippen MR) is 211 cm³/mol. The van der Waals surface area contributed by atoms with Crippen LogP contribution in [0.1, 0.15) is 41.2 Å². The van der Waals surface area contributed by atoms with Crippen LogP contribution in [0.2, 0.25) is 0 Å². The molecule has 59 heavy (non-hydrogen) atoms. The van der Waals surface area contributed by atoms with Crippen LogP contribution in [0.5, 0.6) is 0 Å². The highest BCUT2D eigenvalue weighted by Gasteiger charge is 2.33. The van der Waals surface area contributed by atoms with Gasteiger partial charge >= 0.3 is 12.4 Å². The van der Waals surface area contributed by atoms with Crippen molar-refractivity contribution in [3.05, 3.63) is 156 Å². The molecule has 16 heteroatoms. The first-order valence-electron chi connectivity index (χ1n) is 17.6. The van der Waals surface area contributed by atoms with Crippen LogP contribution >= 0.6 is 0 Å². The van der Waals surface area contributed by atoms with E-state index in [1.54, 1.807) is 37.5 Å². The number of carbonyl (C=O) groups is 1. The van der Waals surface area contributed by atoms with Gasteiger partial charge in [0.25, 0.3) is 0 Å². The number of nitrogens with zero attached hydrogens (tertiary/aromatic N) is 7. The third kappa shape index (κ3) is 9.18. The minimum Gasteiger partial charge on any atom is -0.411 e. The van der Waals surface area contributed by atoms with Gasteiger partial charge < -0.3 is 10.3 Å². The number of fused-ring (bicyclic) bond motifs is 2. The van der Waals surface area contributed by atoms with Crippen molar-refractivity contribution in [3.63, 3.8) is 0 Å². The zero-order valence-corrected chi connectivity index (χ0v) is 31.4. The third-order valence-electron chi connectivity index (χ3n) is 8.99. The highest BCUT2D eigenvalue weighted by molar-refractivity contribution is 5.99. The van der Waals surface area contributed by atoms with E-state index in [2.05, 4.69) is 25.3 Å². The van der Waals surface area contributed by atoms with Crippen molar-refractivity contribution in [2.24, 2.45) is 5.16 Å². The first-order chi connectivity index (χ1) is 28.2. The normalized spacial score (nSPS) is 11.8. The lowest BCUT2D eigenvalue weighted by molar-refractivity contribution is -0.141. The Labute approximate surface area is 332 Å². The molecule has 4 aromatic heterocycles. The van der Waals surface area contributed by atoms with E-state index in [4.69, 9.17) is 10.3 Å². The van der Waals surface area contributed by atoms with Crippen LogP contribution in [-0.2, 0) is 12.4 Å². The molecular formula is C43H33F6N7O3. The van der Waals surface area contributed by atoms with Crippen molar-refractivity contribution in [2.45, 2.75) is 26.2 Å². The maximum atomic E-state index is 13.0. The lowest BCUT2D eigenvalue weighted by Gasteiger charge is -2.09. The lowest BCUT2D eigenvalue weighted by Crippen LogP contribution is -2.10. The van der Waals surface area contributed by atoms with Crippen molar-refractivity contribution in [2.75, 3.05) is 7.11 Å². The molecule has 0 aliphatic carbocycles. The smallest absolute Gasteiger partial charge is 0.411 e. The highest BCUT2D eigenvalue weighted by atomic mass is 19.4. The summed E-state index contributed by atoms with van der Waals surface area (Å²) in [6, 6.07) is 33.2. The maximum Gasteiger partial charge on any atom is 0.433 e. The monoisotopic (exact) mass is 809 g/mol. The first-order valence-corrected chi connectivity index (χ1v) is 17.6. The molecule has 0 radical (unpaired) electrons. The molecule has 0 aliphatic heterocycles. The lowest BCUT2D eigenvalue weighted by atomic mass is 10.0. The van der Waals surface area contributed by atoms with Crippen LogP contribution in [0, 0.1) is 0 Å². The number of alkyl halides is 6. The van der Waals surface area contributed by atoms with E-state index in [1.165, 1.54) is 40.6 Å². The van der Waals surface area contributed by atoms with Gasteiger partial charge in [0.05, 0.1) is 29.1 Å². The molecule has 0 unspecified atom stereocenters. The fourth-order valence-corrected chi connectivity index (χ4v) is 6.06. The summed E-state index contributed by atoms with van der Waals surface area (Å²) in [6.45, 7) is 3.19. The summed E-state index contributed by atoms with van der Waals surface area (Å²) >= 11 is 0. The average Bonchev–Trinajstić information content (AvgIpc) is 3.88. The van der Waals surface area contributed by atoms with Gasteiger partial charge in [-0.2, -0.15) is 36.5 Å².